The molecule has 0 aliphatic heterocycles. The molecule has 6 nitrogen and oxygen atoms in total. The quantitative estimate of drug-likeness (QED) is 0.544. The van der Waals surface area contributed by atoms with Crippen molar-refractivity contribution in [1.29, 1.82) is 0 Å². The summed E-state index contributed by atoms with van der Waals surface area (Å²) in [6.07, 6.45) is -0.888. The number of benzene rings is 1. The van der Waals surface area contributed by atoms with Gasteiger partial charge < -0.3 is 21.3 Å². The van der Waals surface area contributed by atoms with Crippen molar-refractivity contribution in [2.24, 2.45) is 5.73 Å². The number of amides is 1. The second-order valence-electron chi connectivity index (χ2n) is 4.09. The molecule has 1 aromatic rings. The van der Waals surface area contributed by atoms with Crippen LogP contribution in [-0.4, -0.2) is 41.3 Å². The molecular formula is C13H18N2O4. The van der Waals surface area contributed by atoms with Crippen LogP contribution in [0.3, 0.4) is 0 Å². The molecule has 0 fully saturated rings. The molecule has 0 aliphatic carbocycles. The normalized spacial score (nSPS) is 11.9. The number of nitrogens with two attached hydrogens (primary N) is 1. The van der Waals surface area contributed by atoms with Gasteiger partial charge in [-0.05, 0) is 24.6 Å². The number of carbonyl (C=O) groups excluding carboxylic acids is 1. The molecule has 5 N–H and O–H groups in total. The molecule has 0 unspecified atom stereocenters. The highest BCUT2D eigenvalue weighted by atomic mass is 16.4. The molecule has 104 valence electrons. The SMILES string of the molecule is NCCc1ccccc1C(=O)NCC[C@H](O)C(=O)O. The molecule has 0 bridgehead atoms. The van der Waals surface area contributed by atoms with Crippen molar-refractivity contribution >= 4 is 11.9 Å². The van der Waals surface area contributed by atoms with Gasteiger partial charge in [0.05, 0.1) is 0 Å². The van der Waals surface area contributed by atoms with Crippen molar-refractivity contribution in [3.8, 4) is 0 Å². The third-order valence-corrected chi connectivity index (χ3v) is 2.66. The molecule has 0 heterocycles. The van der Waals surface area contributed by atoms with E-state index in [2.05, 4.69) is 5.32 Å². The fraction of sp³-hybridized carbons (Fsp3) is 0.385. The van der Waals surface area contributed by atoms with Gasteiger partial charge in [0.15, 0.2) is 6.10 Å². The van der Waals surface area contributed by atoms with Gasteiger partial charge in [0, 0.05) is 18.5 Å². The van der Waals surface area contributed by atoms with Gasteiger partial charge in [0.2, 0.25) is 0 Å². The number of aliphatic hydroxyl groups is 1. The van der Waals surface area contributed by atoms with Crippen LogP contribution < -0.4 is 11.1 Å². The van der Waals surface area contributed by atoms with E-state index < -0.39 is 12.1 Å². The Bertz CT molecular complexity index is 448. The van der Waals surface area contributed by atoms with Crippen LogP contribution in [0.15, 0.2) is 24.3 Å². The van der Waals surface area contributed by atoms with Crippen molar-refractivity contribution < 1.29 is 19.8 Å². The maximum atomic E-state index is 11.9. The average molecular weight is 266 g/mol. The summed E-state index contributed by atoms with van der Waals surface area (Å²) in [5, 5.41) is 20.2. The summed E-state index contributed by atoms with van der Waals surface area (Å²) in [7, 11) is 0. The number of aliphatic hydroxyl groups excluding tert-OH is 1. The van der Waals surface area contributed by atoms with Crippen LogP contribution in [0.5, 0.6) is 0 Å². The lowest BCUT2D eigenvalue weighted by atomic mass is 10.0. The molecule has 0 spiro atoms. The van der Waals surface area contributed by atoms with E-state index in [1.807, 2.05) is 12.1 Å². The topological polar surface area (TPSA) is 113 Å². The van der Waals surface area contributed by atoms with E-state index in [0.717, 1.165) is 5.56 Å². The Morgan fingerprint density at radius 2 is 2.00 bits per heavy atom. The van der Waals surface area contributed by atoms with Gasteiger partial charge in [0.25, 0.3) is 5.91 Å². The lowest BCUT2D eigenvalue weighted by Gasteiger charge is -2.10. The summed E-state index contributed by atoms with van der Waals surface area (Å²) < 4.78 is 0. The summed E-state index contributed by atoms with van der Waals surface area (Å²) in [4.78, 5) is 22.3. The number of carbonyl (C=O) groups is 2. The summed E-state index contributed by atoms with van der Waals surface area (Å²) in [6.45, 7) is 0.547. The molecule has 1 rings (SSSR count). The number of rotatable bonds is 7. The molecule has 0 saturated carbocycles. The van der Waals surface area contributed by atoms with Gasteiger partial charge in [-0.15, -0.1) is 0 Å². The highest BCUT2D eigenvalue weighted by Gasteiger charge is 2.14. The van der Waals surface area contributed by atoms with Gasteiger partial charge >= 0.3 is 5.97 Å². The predicted octanol–water partition coefficient (Wildman–Crippen LogP) is -0.247. The van der Waals surface area contributed by atoms with E-state index in [1.54, 1.807) is 12.1 Å². The van der Waals surface area contributed by atoms with Crippen molar-refractivity contribution in [1.82, 2.24) is 5.32 Å². The molecule has 1 aromatic carbocycles. The standard InChI is InChI=1S/C13H18N2O4/c14-7-5-9-3-1-2-4-10(9)12(17)15-8-6-11(16)13(18)19/h1-4,11,16H,5-8,14H2,(H,15,17)(H,18,19)/t11-/m0/s1. The zero-order chi connectivity index (χ0) is 14.3. The second kappa shape index (κ2) is 7.50. The Kier molecular flexibility index (Phi) is 5.98. The monoisotopic (exact) mass is 266 g/mol. The Balaban J connectivity index is 2.56. The van der Waals surface area contributed by atoms with Crippen molar-refractivity contribution in [2.75, 3.05) is 13.1 Å². The summed E-state index contributed by atoms with van der Waals surface area (Å²) in [5.74, 6) is -1.58. The number of hydrogen-bond acceptors (Lipinski definition) is 4. The highest BCUT2D eigenvalue weighted by Crippen LogP contribution is 2.09. The minimum atomic E-state index is -1.46. The van der Waals surface area contributed by atoms with E-state index >= 15 is 0 Å². The number of hydrogen-bond donors (Lipinski definition) is 4. The van der Waals surface area contributed by atoms with Crippen LogP contribution in [0.2, 0.25) is 0 Å². The minimum absolute atomic E-state index is 0.0276. The summed E-state index contributed by atoms with van der Waals surface area (Å²) in [6, 6.07) is 7.10. The molecule has 0 aromatic heterocycles. The molecule has 0 radical (unpaired) electrons. The number of aliphatic carboxylic acids is 1. The summed E-state index contributed by atoms with van der Waals surface area (Å²) >= 11 is 0. The largest absolute Gasteiger partial charge is 0.479 e. The molecule has 1 amide bonds. The first kappa shape index (κ1) is 15.1. The van der Waals surface area contributed by atoms with E-state index in [0.29, 0.717) is 18.5 Å². The van der Waals surface area contributed by atoms with Gasteiger partial charge in [-0.25, -0.2) is 4.79 Å². The van der Waals surface area contributed by atoms with Gasteiger partial charge in [0.1, 0.15) is 0 Å². The predicted molar refractivity (Wildman–Crippen MR) is 69.8 cm³/mol. The van der Waals surface area contributed by atoms with Crippen LogP contribution in [0.25, 0.3) is 0 Å². The van der Waals surface area contributed by atoms with Crippen molar-refractivity contribution in [2.45, 2.75) is 18.9 Å². The Morgan fingerprint density at radius 1 is 1.32 bits per heavy atom. The fourth-order valence-corrected chi connectivity index (χ4v) is 1.66. The average Bonchev–Trinajstić information content (AvgIpc) is 2.39. The van der Waals surface area contributed by atoms with E-state index in [9.17, 15) is 9.59 Å². The highest BCUT2D eigenvalue weighted by molar-refractivity contribution is 5.95. The molecule has 0 saturated heterocycles. The third kappa shape index (κ3) is 4.69. The van der Waals surface area contributed by atoms with E-state index in [1.165, 1.54) is 0 Å². The third-order valence-electron chi connectivity index (χ3n) is 2.66. The number of carboxylic acids is 1. The number of carboxylic acid groups (broad SMARTS) is 1. The van der Waals surface area contributed by atoms with E-state index in [4.69, 9.17) is 15.9 Å². The van der Waals surface area contributed by atoms with Crippen molar-refractivity contribution in [3.05, 3.63) is 35.4 Å². The Hall–Kier alpha value is -1.92. The smallest absolute Gasteiger partial charge is 0.332 e. The zero-order valence-electron chi connectivity index (χ0n) is 10.5. The lowest BCUT2D eigenvalue weighted by molar-refractivity contribution is -0.146. The maximum absolute atomic E-state index is 11.9. The minimum Gasteiger partial charge on any atom is -0.479 e. The van der Waals surface area contributed by atoms with Crippen LogP contribution in [-0.2, 0) is 11.2 Å². The van der Waals surface area contributed by atoms with Crippen LogP contribution in [0.1, 0.15) is 22.3 Å². The van der Waals surface area contributed by atoms with Crippen LogP contribution in [0, 0.1) is 0 Å². The first-order valence-corrected chi connectivity index (χ1v) is 6.03. The van der Waals surface area contributed by atoms with Crippen LogP contribution >= 0.6 is 0 Å². The van der Waals surface area contributed by atoms with E-state index in [-0.39, 0.29) is 18.9 Å². The molecule has 19 heavy (non-hydrogen) atoms. The first-order chi connectivity index (χ1) is 9.06. The van der Waals surface area contributed by atoms with Crippen molar-refractivity contribution in [3.63, 3.8) is 0 Å². The Labute approximate surface area is 111 Å². The van der Waals surface area contributed by atoms with Gasteiger partial charge in [-0.2, -0.15) is 0 Å². The number of nitrogens with one attached hydrogen (secondary N) is 1. The molecule has 6 heteroatoms. The molecular weight excluding hydrogens is 248 g/mol. The van der Waals surface area contributed by atoms with Crippen LogP contribution in [0.4, 0.5) is 0 Å². The first-order valence-electron chi connectivity index (χ1n) is 6.03. The maximum Gasteiger partial charge on any atom is 0.332 e. The zero-order valence-corrected chi connectivity index (χ0v) is 10.5. The fourth-order valence-electron chi connectivity index (χ4n) is 1.66. The van der Waals surface area contributed by atoms with Gasteiger partial charge in [-0.3, -0.25) is 4.79 Å². The molecule has 0 aliphatic rings. The Morgan fingerprint density at radius 3 is 2.63 bits per heavy atom. The lowest BCUT2D eigenvalue weighted by Crippen LogP contribution is -2.30. The second-order valence-corrected chi connectivity index (χ2v) is 4.09. The summed E-state index contributed by atoms with van der Waals surface area (Å²) in [5.41, 5.74) is 6.85. The molecule has 1 atom stereocenters. The van der Waals surface area contributed by atoms with Gasteiger partial charge in [-0.1, -0.05) is 18.2 Å².